The van der Waals surface area contributed by atoms with E-state index in [0.29, 0.717) is 12.1 Å². The van der Waals surface area contributed by atoms with Gasteiger partial charge in [0.1, 0.15) is 5.82 Å². The van der Waals surface area contributed by atoms with Gasteiger partial charge >= 0.3 is 0 Å². The third-order valence-corrected chi connectivity index (χ3v) is 2.88. The number of nitrogens with one attached hydrogen (secondary N) is 2. The van der Waals surface area contributed by atoms with E-state index in [9.17, 15) is 19.1 Å². The molecule has 0 aliphatic rings. The molecular formula is C15H21FN2O3. The van der Waals surface area contributed by atoms with Crippen molar-refractivity contribution in [1.29, 1.82) is 0 Å². The fourth-order valence-corrected chi connectivity index (χ4v) is 1.67. The van der Waals surface area contributed by atoms with Gasteiger partial charge in [0.15, 0.2) is 0 Å². The van der Waals surface area contributed by atoms with E-state index >= 15 is 0 Å². The molecule has 6 heteroatoms. The van der Waals surface area contributed by atoms with E-state index in [2.05, 4.69) is 10.6 Å². The van der Waals surface area contributed by atoms with Crippen LogP contribution in [0.25, 0.3) is 0 Å². The highest BCUT2D eigenvalue weighted by atomic mass is 19.1. The molecule has 1 unspecified atom stereocenters. The van der Waals surface area contributed by atoms with Crippen LogP contribution in [-0.2, 0) is 9.59 Å². The van der Waals surface area contributed by atoms with Crippen molar-refractivity contribution in [3.63, 3.8) is 0 Å². The van der Waals surface area contributed by atoms with E-state index in [1.54, 1.807) is 19.9 Å². The number of hydrogen-bond acceptors (Lipinski definition) is 3. The zero-order valence-corrected chi connectivity index (χ0v) is 12.2. The van der Waals surface area contributed by atoms with E-state index in [1.165, 1.54) is 18.2 Å². The molecule has 1 atom stereocenters. The Labute approximate surface area is 123 Å². The van der Waals surface area contributed by atoms with Crippen molar-refractivity contribution >= 4 is 11.8 Å². The third kappa shape index (κ3) is 6.35. The van der Waals surface area contributed by atoms with Crippen molar-refractivity contribution in [3.05, 3.63) is 35.6 Å². The lowest BCUT2D eigenvalue weighted by molar-refractivity contribution is -0.125. The Morgan fingerprint density at radius 3 is 2.52 bits per heavy atom. The lowest BCUT2D eigenvalue weighted by Crippen LogP contribution is -2.36. The molecule has 0 aliphatic heterocycles. The third-order valence-electron chi connectivity index (χ3n) is 2.88. The number of benzene rings is 1. The molecule has 0 fully saturated rings. The van der Waals surface area contributed by atoms with Crippen LogP contribution >= 0.6 is 0 Å². The highest BCUT2D eigenvalue weighted by Crippen LogP contribution is 2.17. The monoisotopic (exact) mass is 296 g/mol. The second-order valence-corrected chi connectivity index (χ2v) is 5.07. The molecular weight excluding hydrogens is 275 g/mol. The van der Waals surface area contributed by atoms with E-state index in [1.807, 2.05) is 0 Å². The van der Waals surface area contributed by atoms with Gasteiger partial charge in [0, 0.05) is 19.0 Å². The normalized spacial score (nSPS) is 12.0. The molecule has 2 amide bonds. The summed E-state index contributed by atoms with van der Waals surface area (Å²) >= 11 is 0. The SMILES string of the molecule is CC(C)C(=O)NCCNC(=O)CC(O)c1cccc(F)c1. The average molecular weight is 296 g/mol. The predicted molar refractivity (Wildman–Crippen MR) is 76.8 cm³/mol. The fourth-order valence-electron chi connectivity index (χ4n) is 1.67. The highest BCUT2D eigenvalue weighted by molar-refractivity contribution is 5.78. The molecule has 0 radical (unpaired) electrons. The Morgan fingerprint density at radius 2 is 1.90 bits per heavy atom. The van der Waals surface area contributed by atoms with Gasteiger partial charge in [0.25, 0.3) is 0 Å². The molecule has 1 aromatic carbocycles. The molecule has 0 aromatic heterocycles. The molecule has 3 N–H and O–H groups in total. The summed E-state index contributed by atoms with van der Waals surface area (Å²) in [6.07, 6.45) is -1.20. The summed E-state index contributed by atoms with van der Waals surface area (Å²) in [6, 6.07) is 5.51. The Kier molecular flexibility index (Phi) is 6.81. The molecule has 1 rings (SSSR count). The molecule has 0 aliphatic carbocycles. The maximum Gasteiger partial charge on any atom is 0.223 e. The summed E-state index contributed by atoms with van der Waals surface area (Å²) < 4.78 is 13.0. The Hall–Kier alpha value is -1.95. The van der Waals surface area contributed by atoms with Crippen molar-refractivity contribution in [2.75, 3.05) is 13.1 Å². The minimum atomic E-state index is -1.05. The van der Waals surface area contributed by atoms with E-state index < -0.39 is 11.9 Å². The van der Waals surface area contributed by atoms with Gasteiger partial charge in [-0.05, 0) is 17.7 Å². The maximum absolute atomic E-state index is 13.0. The first-order chi connectivity index (χ1) is 9.90. The van der Waals surface area contributed by atoms with Gasteiger partial charge in [-0.25, -0.2) is 4.39 Å². The van der Waals surface area contributed by atoms with Crippen LogP contribution in [0.1, 0.15) is 31.9 Å². The molecule has 0 heterocycles. The van der Waals surface area contributed by atoms with Crippen molar-refractivity contribution in [3.8, 4) is 0 Å². The minimum Gasteiger partial charge on any atom is -0.388 e. The number of carbonyl (C=O) groups is 2. The lowest BCUT2D eigenvalue weighted by Gasteiger charge is -2.12. The molecule has 116 valence electrons. The summed E-state index contributed by atoms with van der Waals surface area (Å²) in [5.74, 6) is -0.992. The first-order valence-corrected chi connectivity index (χ1v) is 6.88. The van der Waals surface area contributed by atoms with E-state index in [-0.39, 0.29) is 30.7 Å². The van der Waals surface area contributed by atoms with Crippen LogP contribution in [0.2, 0.25) is 0 Å². The molecule has 5 nitrogen and oxygen atoms in total. The van der Waals surface area contributed by atoms with Crippen LogP contribution in [-0.4, -0.2) is 30.0 Å². The number of aliphatic hydroxyl groups is 1. The summed E-state index contributed by atoms with van der Waals surface area (Å²) in [4.78, 5) is 22.9. The average Bonchev–Trinajstić information content (AvgIpc) is 2.43. The molecule has 0 spiro atoms. The zero-order chi connectivity index (χ0) is 15.8. The van der Waals surface area contributed by atoms with Crippen molar-refractivity contribution < 1.29 is 19.1 Å². The second kappa shape index (κ2) is 8.36. The van der Waals surface area contributed by atoms with Gasteiger partial charge in [-0.2, -0.15) is 0 Å². The van der Waals surface area contributed by atoms with E-state index in [0.717, 1.165) is 0 Å². The van der Waals surface area contributed by atoms with Gasteiger partial charge in [0.05, 0.1) is 12.5 Å². The number of carbonyl (C=O) groups excluding carboxylic acids is 2. The largest absolute Gasteiger partial charge is 0.388 e. The van der Waals surface area contributed by atoms with Crippen LogP contribution in [0.15, 0.2) is 24.3 Å². The number of hydrogen-bond donors (Lipinski definition) is 3. The first-order valence-electron chi connectivity index (χ1n) is 6.88. The van der Waals surface area contributed by atoms with Gasteiger partial charge < -0.3 is 15.7 Å². The quantitative estimate of drug-likeness (QED) is 0.660. The van der Waals surface area contributed by atoms with Gasteiger partial charge in [0.2, 0.25) is 11.8 Å². The van der Waals surface area contributed by atoms with Gasteiger partial charge in [-0.3, -0.25) is 9.59 Å². The fraction of sp³-hybridized carbons (Fsp3) is 0.467. The van der Waals surface area contributed by atoms with Gasteiger partial charge in [-0.1, -0.05) is 26.0 Å². The molecule has 0 bridgehead atoms. The topological polar surface area (TPSA) is 78.4 Å². The Bertz CT molecular complexity index is 492. The number of rotatable bonds is 7. The Morgan fingerprint density at radius 1 is 1.24 bits per heavy atom. The van der Waals surface area contributed by atoms with Crippen molar-refractivity contribution in [2.24, 2.45) is 5.92 Å². The summed E-state index contributed by atoms with van der Waals surface area (Å²) in [5, 5.41) is 15.1. The zero-order valence-electron chi connectivity index (χ0n) is 12.2. The smallest absolute Gasteiger partial charge is 0.223 e. The van der Waals surface area contributed by atoms with Crippen LogP contribution in [0.4, 0.5) is 4.39 Å². The predicted octanol–water partition coefficient (Wildman–Crippen LogP) is 1.14. The van der Waals surface area contributed by atoms with Gasteiger partial charge in [-0.15, -0.1) is 0 Å². The number of amides is 2. The van der Waals surface area contributed by atoms with Crippen LogP contribution in [0.3, 0.4) is 0 Å². The molecule has 1 aromatic rings. The van der Waals surface area contributed by atoms with Crippen molar-refractivity contribution in [2.45, 2.75) is 26.4 Å². The first kappa shape index (κ1) is 17.1. The summed E-state index contributed by atoms with van der Waals surface area (Å²) in [5.41, 5.74) is 0.360. The highest BCUT2D eigenvalue weighted by Gasteiger charge is 2.13. The Balaban J connectivity index is 2.29. The summed E-state index contributed by atoms with van der Waals surface area (Å²) in [6.45, 7) is 4.18. The maximum atomic E-state index is 13.0. The summed E-state index contributed by atoms with van der Waals surface area (Å²) in [7, 11) is 0. The van der Waals surface area contributed by atoms with Crippen LogP contribution < -0.4 is 10.6 Å². The second-order valence-electron chi connectivity index (χ2n) is 5.07. The molecule has 21 heavy (non-hydrogen) atoms. The molecule has 0 saturated heterocycles. The van der Waals surface area contributed by atoms with E-state index in [4.69, 9.17) is 0 Å². The minimum absolute atomic E-state index is 0.0796. The van der Waals surface area contributed by atoms with Crippen LogP contribution in [0.5, 0.6) is 0 Å². The lowest BCUT2D eigenvalue weighted by atomic mass is 10.1. The number of halogens is 1. The molecule has 0 saturated carbocycles. The standard InChI is InChI=1S/C15H21FN2O3/c1-10(2)15(21)18-7-6-17-14(20)9-13(19)11-4-3-5-12(16)8-11/h3-5,8,10,13,19H,6-7,9H2,1-2H3,(H,17,20)(H,18,21). The van der Waals surface area contributed by atoms with Crippen LogP contribution in [0, 0.1) is 11.7 Å². The van der Waals surface area contributed by atoms with Crippen molar-refractivity contribution in [1.82, 2.24) is 10.6 Å². The number of aliphatic hydroxyl groups excluding tert-OH is 1.